The fourth-order valence-corrected chi connectivity index (χ4v) is 4.59. The summed E-state index contributed by atoms with van der Waals surface area (Å²) in [5.74, 6) is 0.173. The summed E-state index contributed by atoms with van der Waals surface area (Å²) in [6.45, 7) is 0.702. The van der Waals surface area contributed by atoms with Gasteiger partial charge in [-0.15, -0.1) is 0 Å². The predicted octanol–water partition coefficient (Wildman–Crippen LogP) is 5.01. The summed E-state index contributed by atoms with van der Waals surface area (Å²) < 4.78 is 1.76. The molecule has 6 nitrogen and oxygen atoms in total. The Morgan fingerprint density at radius 2 is 1.96 bits per heavy atom. The number of anilines is 3. The smallest absolute Gasteiger partial charge is 0.399 e. The molecule has 0 fully saturated rings. The molecule has 2 aromatic heterocycles. The van der Waals surface area contributed by atoms with Crippen molar-refractivity contribution in [1.82, 2.24) is 9.97 Å². The average molecular weight is 430 g/mol. The second kappa shape index (κ2) is 6.77. The summed E-state index contributed by atoms with van der Waals surface area (Å²) in [5, 5.41) is 21.4. The van der Waals surface area contributed by atoms with Crippen LogP contribution in [-0.2, 0) is 6.42 Å². The Bertz CT molecular complexity index is 1230. The first-order valence-corrected chi connectivity index (χ1v) is 10.1. The molecule has 1 aliphatic heterocycles. The number of hydrogen-bond donors (Lipinski definition) is 2. The first-order valence-electron chi connectivity index (χ1n) is 8.57. The lowest BCUT2D eigenvalue weighted by atomic mass is 10.1. The summed E-state index contributed by atoms with van der Waals surface area (Å²) in [6, 6.07) is 10.9. The Kier molecular flexibility index (Phi) is 4.23. The van der Waals surface area contributed by atoms with Crippen LogP contribution in [-0.4, -0.2) is 16.5 Å². The van der Waals surface area contributed by atoms with Crippen LogP contribution < -0.4 is 15.4 Å². The van der Waals surface area contributed by atoms with E-state index in [1.54, 1.807) is 18.3 Å². The Morgan fingerprint density at radius 3 is 2.86 bits per heavy atom. The van der Waals surface area contributed by atoms with E-state index < -0.39 is 0 Å². The first kappa shape index (κ1) is 17.5. The first-order chi connectivity index (χ1) is 13.6. The maximum atomic E-state index is 13.2. The van der Waals surface area contributed by atoms with E-state index in [2.05, 4.69) is 20.6 Å². The van der Waals surface area contributed by atoms with Crippen molar-refractivity contribution >= 4 is 61.5 Å². The molecule has 3 heterocycles. The van der Waals surface area contributed by atoms with Crippen molar-refractivity contribution in [1.29, 1.82) is 0 Å². The van der Waals surface area contributed by atoms with Crippen molar-refractivity contribution in [3.8, 4) is 11.3 Å². The van der Waals surface area contributed by atoms with Crippen molar-refractivity contribution in [2.24, 2.45) is 0 Å². The standard InChI is InChI=1S/C19H13Cl2N5OS/c20-11-1-3-13-15(7-11)22-6-5-10-9-23-18(26(27)17(10)13)25-19-24-14-4-2-12(21)8-16(14)28-19/h1-4,7-9,22H,5-6H2,(H,23,24,25). The van der Waals surface area contributed by atoms with E-state index in [1.165, 1.54) is 11.3 Å². The molecule has 0 atom stereocenters. The lowest BCUT2D eigenvalue weighted by Crippen LogP contribution is -2.35. The molecule has 2 N–H and O–H groups in total. The Balaban J connectivity index is 1.59. The number of nitrogens with one attached hydrogen (secondary N) is 2. The summed E-state index contributed by atoms with van der Waals surface area (Å²) in [6.07, 6.45) is 2.43. The fraction of sp³-hybridized carbons (Fsp3) is 0.105. The zero-order chi connectivity index (χ0) is 19.3. The second-order valence-electron chi connectivity index (χ2n) is 6.37. The summed E-state index contributed by atoms with van der Waals surface area (Å²) in [5.41, 5.74) is 3.90. The third kappa shape index (κ3) is 3.01. The Morgan fingerprint density at radius 1 is 1.14 bits per heavy atom. The molecular formula is C19H13Cl2N5OS. The van der Waals surface area contributed by atoms with Crippen molar-refractivity contribution in [3.63, 3.8) is 0 Å². The predicted molar refractivity (Wildman–Crippen MR) is 114 cm³/mol. The summed E-state index contributed by atoms with van der Waals surface area (Å²) in [7, 11) is 0. The minimum Gasteiger partial charge on any atom is -0.740 e. The van der Waals surface area contributed by atoms with Gasteiger partial charge in [-0.05, 0) is 42.8 Å². The molecular weight excluding hydrogens is 417 g/mol. The lowest BCUT2D eigenvalue weighted by Gasteiger charge is -2.16. The topological polar surface area (TPSA) is 76.8 Å². The van der Waals surface area contributed by atoms with Crippen LogP contribution >= 0.6 is 34.5 Å². The quantitative estimate of drug-likeness (QED) is 0.345. The maximum absolute atomic E-state index is 13.2. The third-order valence-corrected chi connectivity index (χ3v) is 5.96. The minimum atomic E-state index is 0.173. The SMILES string of the molecule is [O-][n+]1c(Nc2nc3ccc(Cl)cc3s2)ncc2c1-c1ccc(Cl)cc1NCC2. The number of fused-ring (bicyclic) bond motifs is 4. The number of benzene rings is 2. The molecule has 0 radical (unpaired) electrons. The average Bonchev–Trinajstić information content (AvgIpc) is 2.96. The van der Waals surface area contributed by atoms with Crippen LogP contribution in [0.5, 0.6) is 0 Å². The van der Waals surface area contributed by atoms with E-state index >= 15 is 0 Å². The lowest BCUT2D eigenvalue weighted by molar-refractivity contribution is -0.581. The molecule has 0 saturated heterocycles. The number of hydrogen-bond acceptors (Lipinski definition) is 6. The van der Waals surface area contributed by atoms with Crippen LogP contribution in [0.1, 0.15) is 5.56 Å². The molecule has 0 bridgehead atoms. The number of aromatic nitrogens is 3. The summed E-state index contributed by atoms with van der Waals surface area (Å²) >= 11 is 13.6. The molecule has 5 rings (SSSR count). The van der Waals surface area contributed by atoms with Crippen molar-refractivity contribution in [2.75, 3.05) is 17.2 Å². The second-order valence-corrected chi connectivity index (χ2v) is 8.28. The molecule has 140 valence electrons. The highest BCUT2D eigenvalue weighted by Crippen LogP contribution is 2.34. The molecule has 4 aromatic rings. The van der Waals surface area contributed by atoms with Crippen LogP contribution in [0.4, 0.5) is 16.8 Å². The van der Waals surface area contributed by atoms with Crippen LogP contribution in [0, 0.1) is 5.21 Å². The number of halogens is 2. The van der Waals surface area contributed by atoms with E-state index in [0.717, 1.165) is 31.8 Å². The maximum Gasteiger partial charge on any atom is 0.399 e. The number of rotatable bonds is 2. The molecule has 1 aliphatic rings. The molecule has 0 saturated carbocycles. The fourth-order valence-electron chi connectivity index (χ4n) is 3.29. The van der Waals surface area contributed by atoms with Gasteiger partial charge in [0.2, 0.25) is 0 Å². The van der Waals surface area contributed by atoms with E-state index in [-0.39, 0.29) is 5.95 Å². The molecule has 0 unspecified atom stereocenters. The van der Waals surface area contributed by atoms with Crippen LogP contribution in [0.15, 0.2) is 42.6 Å². The molecule has 0 spiro atoms. The van der Waals surface area contributed by atoms with Gasteiger partial charge in [-0.25, -0.2) is 15.0 Å². The molecule has 0 aliphatic carbocycles. The highest BCUT2D eigenvalue weighted by molar-refractivity contribution is 7.22. The van der Waals surface area contributed by atoms with Gasteiger partial charge in [0.15, 0.2) is 0 Å². The Hall–Kier alpha value is -2.61. The van der Waals surface area contributed by atoms with Gasteiger partial charge in [-0.2, -0.15) is 0 Å². The molecule has 2 aromatic carbocycles. The monoisotopic (exact) mass is 429 g/mol. The van der Waals surface area contributed by atoms with E-state index in [4.69, 9.17) is 23.2 Å². The van der Waals surface area contributed by atoms with Crippen LogP contribution in [0.2, 0.25) is 10.0 Å². The van der Waals surface area contributed by atoms with Gasteiger partial charge >= 0.3 is 5.95 Å². The number of thiazole rings is 1. The van der Waals surface area contributed by atoms with Gasteiger partial charge in [0.05, 0.1) is 10.2 Å². The van der Waals surface area contributed by atoms with Crippen molar-refractivity contribution in [3.05, 3.63) is 63.4 Å². The highest BCUT2D eigenvalue weighted by Gasteiger charge is 2.23. The van der Waals surface area contributed by atoms with Gasteiger partial charge in [0.1, 0.15) is 11.9 Å². The van der Waals surface area contributed by atoms with Crippen molar-refractivity contribution in [2.45, 2.75) is 6.42 Å². The van der Waals surface area contributed by atoms with Crippen molar-refractivity contribution < 1.29 is 4.73 Å². The Labute approximate surface area is 174 Å². The summed E-state index contributed by atoms with van der Waals surface area (Å²) in [4.78, 5) is 8.84. The number of nitrogens with zero attached hydrogens (tertiary/aromatic N) is 3. The highest BCUT2D eigenvalue weighted by atomic mass is 35.5. The molecule has 0 amide bonds. The third-order valence-electron chi connectivity index (χ3n) is 4.56. The van der Waals surface area contributed by atoms with E-state index in [0.29, 0.717) is 33.8 Å². The van der Waals surface area contributed by atoms with Gasteiger partial charge in [-0.1, -0.05) is 39.5 Å². The van der Waals surface area contributed by atoms with Gasteiger partial charge in [0, 0.05) is 33.4 Å². The molecule has 28 heavy (non-hydrogen) atoms. The minimum absolute atomic E-state index is 0.173. The van der Waals surface area contributed by atoms with Crippen LogP contribution in [0.3, 0.4) is 0 Å². The zero-order valence-corrected chi connectivity index (χ0v) is 16.7. The van der Waals surface area contributed by atoms with Gasteiger partial charge < -0.3 is 10.5 Å². The normalized spacial score (nSPS) is 12.8. The largest absolute Gasteiger partial charge is 0.740 e. The van der Waals surface area contributed by atoms with Gasteiger partial charge in [0.25, 0.3) is 5.13 Å². The van der Waals surface area contributed by atoms with E-state index in [1.807, 2.05) is 24.3 Å². The van der Waals surface area contributed by atoms with E-state index in [9.17, 15) is 5.21 Å². The van der Waals surface area contributed by atoms with Crippen LogP contribution in [0.25, 0.3) is 21.5 Å². The molecule has 9 heteroatoms. The van der Waals surface area contributed by atoms with Gasteiger partial charge in [-0.3, -0.25) is 0 Å². The zero-order valence-electron chi connectivity index (χ0n) is 14.4.